The Hall–Kier alpha value is -1.75. The highest BCUT2D eigenvalue weighted by Crippen LogP contribution is 2.42. The van der Waals surface area contributed by atoms with E-state index in [4.69, 9.17) is 5.73 Å². The van der Waals surface area contributed by atoms with E-state index in [-0.39, 0.29) is 12.1 Å². The monoisotopic (exact) mass is 342 g/mol. The molecule has 3 unspecified atom stereocenters. The van der Waals surface area contributed by atoms with Gasteiger partial charge in [0.05, 0.1) is 11.4 Å². The summed E-state index contributed by atoms with van der Waals surface area (Å²) in [5.74, 6) is 1.38. The minimum atomic E-state index is 0.0277. The van der Waals surface area contributed by atoms with Crippen LogP contribution >= 0.6 is 0 Å². The number of anilines is 2. The molecule has 3 atom stereocenters. The lowest BCUT2D eigenvalue weighted by atomic mass is 9.91. The summed E-state index contributed by atoms with van der Waals surface area (Å²) in [6.07, 6.45) is 5.97. The number of hydrogen-bond acceptors (Lipinski definition) is 3. The zero-order chi connectivity index (χ0) is 17.4. The van der Waals surface area contributed by atoms with Crippen molar-refractivity contribution in [3.8, 4) is 0 Å². The molecule has 25 heavy (non-hydrogen) atoms. The molecule has 3 fully saturated rings. The first kappa shape index (κ1) is 16.7. The van der Waals surface area contributed by atoms with Crippen LogP contribution in [-0.4, -0.2) is 42.6 Å². The molecule has 0 aromatic heterocycles. The maximum Gasteiger partial charge on any atom is 0.321 e. The van der Waals surface area contributed by atoms with Gasteiger partial charge in [-0.2, -0.15) is 0 Å². The van der Waals surface area contributed by atoms with Crippen LogP contribution in [0, 0.1) is 11.8 Å². The fourth-order valence-electron chi connectivity index (χ4n) is 4.87. The summed E-state index contributed by atoms with van der Waals surface area (Å²) in [5.41, 5.74) is 8.15. The predicted octanol–water partition coefficient (Wildman–Crippen LogP) is 3.27. The molecular weight excluding hydrogens is 312 g/mol. The summed E-state index contributed by atoms with van der Waals surface area (Å²) in [6, 6.07) is 9.18. The Morgan fingerprint density at radius 1 is 1.20 bits per heavy atom. The average molecular weight is 342 g/mol. The number of piperidine rings is 2. The average Bonchev–Trinajstić information content (AvgIpc) is 3.25. The first-order chi connectivity index (χ1) is 12.1. The standard InChI is InChI=1S/C20H30N4O/c1-14(21)16-8-10-23(11-9-16)20(25)22-18-4-2-3-5-19(18)24-13-15-6-7-17(24)12-15/h2-5,14-17H,6-13,21H2,1H3,(H,22,25). The lowest BCUT2D eigenvalue weighted by molar-refractivity contribution is 0.176. The van der Waals surface area contributed by atoms with Gasteiger partial charge in [-0.25, -0.2) is 4.79 Å². The minimum absolute atomic E-state index is 0.0277. The van der Waals surface area contributed by atoms with Crippen molar-refractivity contribution in [2.45, 2.75) is 51.1 Å². The number of hydrogen-bond donors (Lipinski definition) is 2. The number of urea groups is 1. The summed E-state index contributed by atoms with van der Waals surface area (Å²) >= 11 is 0. The molecule has 2 aliphatic heterocycles. The fourth-order valence-corrected chi connectivity index (χ4v) is 4.87. The van der Waals surface area contributed by atoms with Crippen molar-refractivity contribution in [2.75, 3.05) is 29.9 Å². The topological polar surface area (TPSA) is 61.6 Å². The van der Waals surface area contributed by atoms with Crippen LogP contribution in [0.4, 0.5) is 16.2 Å². The van der Waals surface area contributed by atoms with Crippen molar-refractivity contribution in [3.63, 3.8) is 0 Å². The van der Waals surface area contributed by atoms with E-state index in [1.165, 1.54) is 24.9 Å². The second kappa shape index (κ2) is 6.87. The van der Waals surface area contributed by atoms with E-state index in [1.807, 2.05) is 17.0 Å². The molecule has 2 amide bonds. The maximum absolute atomic E-state index is 12.7. The van der Waals surface area contributed by atoms with Crippen LogP contribution in [0.25, 0.3) is 0 Å². The van der Waals surface area contributed by atoms with Crippen molar-refractivity contribution in [3.05, 3.63) is 24.3 Å². The van der Waals surface area contributed by atoms with E-state index in [9.17, 15) is 4.79 Å². The molecular formula is C20H30N4O. The van der Waals surface area contributed by atoms with Gasteiger partial charge < -0.3 is 20.9 Å². The Bertz CT molecular complexity index is 624. The highest BCUT2D eigenvalue weighted by molar-refractivity contribution is 5.93. The van der Waals surface area contributed by atoms with E-state index >= 15 is 0 Å². The van der Waals surface area contributed by atoms with Gasteiger partial charge in [-0.15, -0.1) is 0 Å². The lowest BCUT2D eigenvalue weighted by Gasteiger charge is -2.34. The summed E-state index contributed by atoms with van der Waals surface area (Å²) in [7, 11) is 0. The van der Waals surface area contributed by atoms with E-state index in [2.05, 4.69) is 29.3 Å². The van der Waals surface area contributed by atoms with Crippen LogP contribution in [0.2, 0.25) is 0 Å². The van der Waals surface area contributed by atoms with Gasteiger partial charge in [0.1, 0.15) is 0 Å². The van der Waals surface area contributed by atoms with Crippen molar-refractivity contribution >= 4 is 17.4 Å². The predicted molar refractivity (Wildman–Crippen MR) is 102 cm³/mol. The number of nitrogens with zero attached hydrogens (tertiary/aromatic N) is 2. The molecule has 1 aromatic rings. The third-order valence-electron chi connectivity index (χ3n) is 6.43. The smallest absolute Gasteiger partial charge is 0.321 e. The molecule has 2 heterocycles. The van der Waals surface area contributed by atoms with Crippen LogP contribution in [0.1, 0.15) is 39.0 Å². The van der Waals surface area contributed by atoms with Gasteiger partial charge in [0.15, 0.2) is 0 Å². The molecule has 1 aliphatic carbocycles. The summed E-state index contributed by atoms with van der Waals surface area (Å²) in [4.78, 5) is 17.2. The number of benzene rings is 1. The largest absolute Gasteiger partial charge is 0.367 e. The SMILES string of the molecule is CC(N)C1CCN(C(=O)Nc2ccccc2N2CC3CCC2C3)CC1. The first-order valence-electron chi connectivity index (χ1n) is 9.79. The number of nitrogens with one attached hydrogen (secondary N) is 1. The summed E-state index contributed by atoms with van der Waals surface area (Å²) in [6.45, 7) is 4.81. The molecule has 1 aromatic carbocycles. The molecule has 4 rings (SSSR count). The number of rotatable bonds is 3. The Morgan fingerprint density at radius 3 is 2.60 bits per heavy atom. The maximum atomic E-state index is 12.7. The van der Waals surface area contributed by atoms with E-state index < -0.39 is 0 Å². The quantitative estimate of drug-likeness (QED) is 0.886. The number of amides is 2. The highest BCUT2D eigenvalue weighted by atomic mass is 16.2. The number of carbonyl (C=O) groups excluding carboxylic acids is 1. The Morgan fingerprint density at radius 2 is 1.96 bits per heavy atom. The van der Waals surface area contributed by atoms with E-state index in [1.54, 1.807) is 0 Å². The number of likely N-dealkylation sites (tertiary alicyclic amines) is 1. The number of carbonyl (C=O) groups is 1. The summed E-state index contributed by atoms with van der Waals surface area (Å²) < 4.78 is 0. The third-order valence-corrected chi connectivity index (χ3v) is 6.43. The summed E-state index contributed by atoms with van der Waals surface area (Å²) in [5, 5.41) is 3.17. The van der Waals surface area contributed by atoms with Crippen LogP contribution in [-0.2, 0) is 0 Å². The van der Waals surface area contributed by atoms with Crippen molar-refractivity contribution in [1.29, 1.82) is 0 Å². The van der Waals surface area contributed by atoms with Crippen LogP contribution < -0.4 is 16.0 Å². The van der Waals surface area contributed by atoms with Crippen molar-refractivity contribution in [2.24, 2.45) is 17.6 Å². The minimum Gasteiger partial charge on any atom is -0.367 e. The van der Waals surface area contributed by atoms with Gasteiger partial charge in [0.2, 0.25) is 0 Å². The van der Waals surface area contributed by atoms with Gasteiger partial charge in [0, 0.05) is 31.7 Å². The zero-order valence-electron chi connectivity index (χ0n) is 15.2. The van der Waals surface area contributed by atoms with Gasteiger partial charge in [-0.1, -0.05) is 12.1 Å². The number of nitrogens with two attached hydrogens (primary N) is 1. The second-order valence-electron chi connectivity index (χ2n) is 8.12. The van der Waals surface area contributed by atoms with Crippen LogP contribution in [0.15, 0.2) is 24.3 Å². The van der Waals surface area contributed by atoms with Crippen LogP contribution in [0.3, 0.4) is 0 Å². The molecule has 5 heteroatoms. The fraction of sp³-hybridized carbons (Fsp3) is 0.650. The molecule has 2 bridgehead atoms. The molecule has 2 saturated heterocycles. The van der Waals surface area contributed by atoms with E-state index in [0.717, 1.165) is 44.1 Å². The Balaban J connectivity index is 1.42. The number of para-hydroxylation sites is 2. The second-order valence-corrected chi connectivity index (χ2v) is 8.12. The normalized spacial score (nSPS) is 27.6. The Kier molecular flexibility index (Phi) is 4.59. The van der Waals surface area contributed by atoms with Gasteiger partial charge in [0.25, 0.3) is 0 Å². The van der Waals surface area contributed by atoms with Crippen molar-refractivity contribution in [1.82, 2.24) is 4.90 Å². The lowest BCUT2D eigenvalue weighted by Crippen LogP contribution is -2.44. The van der Waals surface area contributed by atoms with Crippen LogP contribution in [0.5, 0.6) is 0 Å². The first-order valence-corrected chi connectivity index (χ1v) is 9.79. The molecule has 0 radical (unpaired) electrons. The Labute approximate surface area is 150 Å². The molecule has 136 valence electrons. The van der Waals surface area contributed by atoms with Gasteiger partial charge in [-0.3, -0.25) is 0 Å². The molecule has 0 spiro atoms. The molecule has 1 saturated carbocycles. The van der Waals surface area contributed by atoms with E-state index in [0.29, 0.717) is 12.0 Å². The van der Waals surface area contributed by atoms with Gasteiger partial charge in [-0.05, 0) is 63.0 Å². The molecule has 3 aliphatic rings. The van der Waals surface area contributed by atoms with Crippen molar-refractivity contribution < 1.29 is 4.79 Å². The molecule has 5 nitrogen and oxygen atoms in total. The third kappa shape index (κ3) is 3.34. The highest BCUT2D eigenvalue weighted by Gasteiger charge is 2.38. The zero-order valence-corrected chi connectivity index (χ0v) is 15.2. The van der Waals surface area contributed by atoms with Gasteiger partial charge >= 0.3 is 6.03 Å². The number of fused-ring (bicyclic) bond motifs is 2. The molecule has 3 N–H and O–H groups in total.